The molecule has 0 bridgehead atoms. The van der Waals surface area contributed by atoms with Gasteiger partial charge in [-0.05, 0) is 23.8 Å². The SMILES string of the molecule is CC(C)(C)c1csc(CNC(=O)[C@H]2CC(=O)Nc3ccc(F)cc32)n1. The summed E-state index contributed by atoms with van der Waals surface area (Å²) in [5.41, 5.74) is 1.93. The highest BCUT2D eigenvalue weighted by Gasteiger charge is 2.31. The predicted molar refractivity (Wildman–Crippen MR) is 95.0 cm³/mol. The van der Waals surface area contributed by atoms with Crippen LogP contribution in [0.15, 0.2) is 23.6 Å². The Kier molecular flexibility index (Phi) is 4.60. The van der Waals surface area contributed by atoms with Gasteiger partial charge in [0, 0.05) is 22.9 Å². The minimum Gasteiger partial charge on any atom is -0.349 e. The van der Waals surface area contributed by atoms with E-state index in [9.17, 15) is 14.0 Å². The van der Waals surface area contributed by atoms with Crippen LogP contribution in [0.2, 0.25) is 0 Å². The van der Waals surface area contributed by atoms with E-state index in [1.165, 1.54) is 29.5 Å². The van der Waals surface area contributed by atoms with Crippen LogP contribution in [-0.4, -0.2) is 16.8 Å². The Morgan fingerprint density at radius 1 is 1.44 bits per heavy atom. The number of aromatic nitrogens is 1. The van der Waals surface area contributed by atoms with Crippen molar-refractivity contribution in [1.29, 1.82) is 0 Å². The molecule has 7 heteroatoms. The molecule has 0 saturated heterocycles. The lowest BCUT2D eigenvalue weighted by molar-refractivity contribution is -0.126. The van der Waals surface area contributed by atoms with E-state index < -0.39 is 11.7 Å². The second-order valence-electron chi connectivity index (χ2n) is 7.13. The van der Waals surface area contributed by atoms with Crippen molar-refractivity contribution in [1.82, 2.24) is 10.3 Å². The number of carbonyl (C=O) groups is 2. The van der Waals surface area contributed by atoms with E-state index in [-0.39, 0.29) is 23.7 Å². The first-order valence-corrected chi connectivity index (χ1v) is 8.94. The molecule has 1 aliphatic heterocycles. The molecule has 2 N–H and O–H groups in total. The molecule has 1 aromatic heterocycles. The number of nitrogens with one attached hydrogen (secondary N) is 2. The van der Waals surface area contributed by atoms with Gasteiger partial charge in [-0.2, -0.15) is 0 Å². The third-order valence-corrected chi connectivity index (χ3v) is 4.95. The lowest BCUT2D eigenvalue weighted by Gasteiger charge is -2.24. The van der Waals surface area contributed by atoms with Crippen molar-refractivity contribution in [3.8, 4) is 0 Å². The first-order chi connectivity index (χ1) is 11.7. The summed E-state index contributed by atoms with van der Waals surface area (Å²) in [6.45, 7) is 6.53. The number of anilines is 1. The molecular weight excluding hydrogens is 341 g/mol. The monoisotopic (exact) mass is 361 g/mol. The number of halogens is 1. The molecule has 2 heterocycles. The van der Waals surface area contributed by atoms with Crippen LogP contribution < -0.4 is 10.6 Å². The summed E-state index contributed by atoms with van der Waals surface area (Å²) in [6, 6.07) is 4.06. The van der Waals surface area contributed by atoms with Crippen molar-refractivity contribution in [2.24, 2.45) is 0 Å². The molecule has 0 saturated carbocycles. The van der Waals surface area contributed by atoms with E-state index in [0.29, 0.717) is 17.8 Å². The zero-order valence-corrected chi connectivity index (χ0v) is 15.2. The topological polar surface area (TPSA) is 71.1 Å². The fourth-order valence-corrected chi connectivity index (χ4v) is 3.65. The summed E-state index contributed by atoms with van der Waals surface area (Å²) in [5.74, 6) is -1.67. The summed E-state index contributed by atoms with van der Waals surface area (Å²) < 4.78 is 13.5. The molecule has 5 nitrogen and oxygen atoms in total. The molecule has 1 aromatic carbocycles. The Morgan fingerprint density at radius 3 is 2.88 bits per heavy atom. The fourth-order valence-electron chi connectivity index (χ4n) is 2.69. The van der Waals surface area contributed by atoms with Gasteiger partial charge in [-0.1, -0.05) is 20.8 Å². The lowest BCUT2D eigenvalue weighted by atomic mass is 9.89. The highest BCUT2D eigenvalue weighted by molar-refractivity contribution is 7.09. The third kappa shape index (κ3) is 3.87. The summed E-state index contributed by atoms with van der Waals surface area (Å²) >= 11 is 1.49. The summed E-state index contributed by atoms with van der Waals surface area (Å²) in [6.07, 6.45) is 0.00734. The lowest BCUT2D eigenvalue weighted by Crippen LogP contribution is -2.34. The van der Waals surface area contributed by atoms with Crippen LogP contribution in [0.5, 0.6) is 0 Å². The zero-order valence-electron chi connectivity index (χ0n) is 14.4. The molecular formula is C18H20FN3O2S. The van der Waals surface area contributed by atoms with Gasteiger partial charge in [-0.3, -0.25) is 9.59 Å². The van der Waals surface area contributed by atoms with Gasteiger partial charge in [-0.25, -0.2) is 9.37 Å². The van der Waals surface area contributed by atoms with Gasteiger partial charge in [0.1, 0.15) is 10.8 Å². The van der Waals surface area contributed by atoms with Crippen LogP contribution >= 0.6 is 11.3 Å². The Labute approximate surface area is 149 Å². The molecule has 0 unspecified atom stereocenters. The van der Waals surface area contributed by atoms with Crippen LogP contribution in [0.25, 0.3) is 0 Å². The normalized spacial score (nSPS) is 17.0. The summed E-state index contributed by atoms with van der Waals surface area (Å²) in [7, 11) is 0. The van der Waals surface area contributed by atoms with Crippen LogP contribution in [0.1, 0.15) is 49.4 Å². The van der Waals surface area contributed by atoms with E-state index in [4.69, 9.17) is 0 Å². The van der Waals surface area contributed by atoms with Crippen molar-refractivity contribution in [2.75, 3.05) is 5.32 Å². The average molecular weight is 361 g/mol. The van der Waals surface area contributed by atoms with Crippen molar-refractivity contribution in [3.05, 3.63) is 45.7 Å². The van der Waals surface area contributed by atoms with E-state index in [1.54, 1.807) is 0 Å². The highest BCUT2D eigenvalue weighted by Crippen LogP contribution is 2.33. The van der Waals surface area contributed by atoms with Gasteiger partial charge in [-0.15, -0.1) is 11.3 Å². The van der Waals surface area contributed by atoms with Gasteiger partial charge >= 0.3 is 0 Å². The quantitative estimate of drug-likeness (QED) is 0.881. The Morgan fingerprint density at radius 2 is 2.20 bits per heavy atom. The number of fused-ring (bicyclic) bond motifs is 1. The predicted octanol–water partition coefficient (Wildman–Crippen LogP) is 3.32. The molecule has 2 amide bonds. The molecule has 0 radical (unpaired) electrons. The van der Waals surface area contributed by atoms with Crippen LogP contribution in [0.3, 0.4) is 0 Å². The maximum atomic E-state index is 13.5. The molecule has 0 fully saturated rings. The van der Waals surface area contributed by atoms with Gasteiger partial charge in [0.15, 0.2) is 0 Å². The Bertz CT molecular complexity index is 826. The molecule has 132 valence electrons. The van der Waals surface area contributed by atoms with Crippen LogP contribution in [-0.2, 0) is 21.5 Å². The standard InChI is InChI=1S/C18H20FN3O2S/c1-18(2,3)14-9-25-16(22-14)8-20-17(24)12-7-15(23)21-13-5-4-10(19)6-11(12)13/h4-6,9,12H,7-8H2,1-3H3,(H,20,24)(H,21,23)/t12-/m0/s1. The molecule has 3 rings (SSSR count). The fraction of sp³-hybridized carbons (Fsp3) is 0.389. The second kappa shape index (κ2) is 6.55. The highest BCUT2D eigenvalue weighted by atomic mass is 32.1. The zero-order chi connectivity index (χ0) is 18.2. The van der Waals surface area contributed by atoms with Gasteiger partial charge in [0.05, 0.1) is 18.2 Å². The van der Waals surface area contributed by atoms with Gasteiger partial charge < -0.3 is 10.6 Å². The minimum atomic E-state index is -0.693. The summed E-state index contributed by atoms with van der Waals surface area (Å²) in [4.78, 5) is 28.9. The third-order valence-electron chi connectivity index (χ3n) is 4.10. The van der Waals surface area contributed by atoms with Gasteiger partial charge in [0.25, 0.3) is 0 Å². The van der Waals surface area contributed by atoms with E-state index in [1.807, 2.05) is 5.38 Å². The van der Waals surface area contributed by atoms with E-state index >= 15 is 0 Å². The second-order valence-corrected chi connectivity index (χ2v) is 8.07. The van der Waals surface area contributed by atoms with Crippen LogP contribution in [0, 0.1) is 5.82 Å². The van der Waals surface area contributed by atoms with E-state index in [0.717, 1.165) is 10.7 Å². The van der Waals surface area contributed by atoms with Crippen molar-refractivity contribution in [2.45, 2.75) is 45.1 Å². The molecule has 25 heavy (non-hydrogen) atoms. The molecule has 0 aliphatic carbocycles. The van der Waals surface area contributed by atoms with E-state index in [2.05, 4.69) is 36.4 Å². The number of benzene rings is 1. The number of amides is 2. The maximum absolute atomic E-state index is 13.5. The number of carbonyl (C=O) groups excluding carboxylic acids is 2. The van der Waals surface area contributed by atoms with Gasteiger partial charge in [0.2, 0.25) is 11.8 Å². The smallest absolute Gasteiger partial charge is 0.228 e. The Hall–Kier alpha value is -2.28. The Balaban J connectivity index is 1.73. The molecule has 2 aromatic rings. The molecule has 1 aliphatic rings. The molecule has 0 spiro atoms. The molecule has 1 atom stereocenters. The van der Waals surface area contributed by atoms with Crippen molar-refractivity contribution in [3.63, 3.8) is 0 Å². The number of rotatable bonds is 3. The minimum absolute atomic E-state index is 0.00734. The number of nitrogens with zero attached hydrogens (tertiary/aromatic N) is 1. The summed E-state index contributed by atoms with van der Waals surface area (Å²) in [5, 5.41) is 8.28. The van der Waals surface area contributed by atoms with Crippen molar-refractivity contribution < 1.29 is 14.0 Å². The van der Waals surface area contributed by atoms with Crippen molar-refractivity contribution >= 4 is 28.8 Å². The first kappa shape index (κ1) is 17.5. The number of hydrogen-bond donors (Lipinski definition) is 2. The number of thiazole rings is 1. The maximum Gasteiger partial charge on any atom is 0.228 e. The largest absolute Gasteiger partial charge is 0.349 e. The number of hydrogen-bond acceptors (Lipinski definition) is 4. The first-order valence-electron chi connectivity index (χ1n) is 8.06. The average Bonchev–Trinajstić information content (AvgIpc) is 3.01. The van der Waals surface area contributed by atoms with Crippen LogP contribution in [0.4, 0.5) is 10.1 Å².